The molecule has 1 fully saturated rings. The highest BCUT2D eigenvalue weighted by Crippen LogP contribution is 2.51. The van der Waals surface area contributed by atoms with Gasteiger partial charge in [-0.25, -0.2) is 4.57 Å². The Bertz CT molecular complexity index is 1290. The topological polar surface area (TPSA) is 26.2 Å². The number of rotatable bonds is 1. The summed E-state index contributed by atoms with van der Waals surface area (Å²) < 4.78 is 14.7. The van der Waals surface area contributed by atoms with Crippen molar-refractivity contribution >= 4 is 21.7 Å². The van der Waals surface area contributed by atoms with Crippen LogP contribution in [-0.2, 0) is 7.05 Å². The lowest BCUT2D eigenvalue weighted by Gasteiger charge is -2.26. The van der Waals surface area contributed by atoms with Gasteiger partial charge in [-0.1, -0.05) is 25.3 Å². The van der Waals surface area contributed by atoms with E-state index in [1.54, 1.807) is 6.26 Å². The van der Waals surface area contributed by atoms with Crippen molar-refractivity contribution in [3.8, 4) is 22.8 Å². The molecule has 1 aliphatic carbocycles. The average Bonchev–Trinajstić information content (AvgIpc) is 3.25. The first-order valence-electron chi connectivity index (χ1n) is 10.8. The molecule has 0 unspecified atom stereocenters. The van der Waals surface area contributed by atoms with E-state index in [2.05, 4.69) is 55.9 Å². The molecule has 1 saturated carbocycles. The van der Waals surface area contributed by atoms with E-state index in [1.165, 1.54) is 70.6 Å². The number of aromatic nitrogens is 1. The highest BCUT2D eigenvalue weighted by Gasteiger charge is 2.33. The molecule has 4 aromatic rings. The molecule has 3 heteroatoms. The van der Waals surface area contributed by atoms with E-state index >= 15 is 0 Å². The van der Waals surface area contributed by atoms with Crippen LogP contribution in [0.25, 0.3) is 33.0 Å². The van der Waals surface area contributed by atoms with Gasteiger partial charge in [-0.15, -0.1) is 0 Å². The summed E-state index contributed by atoms with van der Waals surface area (Å²) in [5.74, 6) is 2.60. The third-order valence-electron chi connectivity index (χ3n) is 7.10. The van der Waals surface area contributed by atoms with Gasteiger partial charge in [0.1, 0.15) is 24.1 Å². The molecule has 3 nitrogen and oxygen atoms in total. The van der Waals surface area contributed by atoms with Crippen LogP contribution in [0.4, 0.5) is 0 Å². The van der Waals surface area contributed by atoms with Gasteiger partial charge in [-0.05, 0) is 61.3 Å². The Balaban J connectivity index is 1.68. The third kappa shape index (κ3) is 2.33. The van der Waals surface area contributed by atoms with Crippen molar-refractivity contribution in [3.05, 3.63) is 53.4 Å². The summed E-state index contributed by atoms with van der Waals surface area (Å²) in [6, 6.07) is 9.03. The Morgan fingerprint density at radius 1 is 1.00 bits per heavy atom. The van der Waals surface area contributed by atoms with Crippen LogP contribution in [0.5, 0.6) is 11.5 Å². The van der Waals surface area contributed by atoms with Gasteiger partial charge in [0, 0.05) is 17.0 Å². The Morgan fingerprint density at radius 3 is 2.66 bits per heavy atom. The van der Waals surface area contributed by atoms with Crippen LogP contribution < -0.4 is 9.30 Å². The second kappa shape index (κ2) is 6.09. The number of benzene rings is 2. The van der Waals surface area contributed by atoms with Gasteiger partial charge >= 0.3 is 0 Å². The smallest absolute Gasteiger partial charge is 0.228 e. The molecule has 0 saturated heterocycles. The summed E-state index contributed by atoms with van der Waals surface area (Å²) in [5, 5.41) is 3.68. The van der Waals surface area contributed by atoms with Crippen LogP contribution in [-0.4, -0.2) is 0 Å². The monoisotopic (exact) mass is 384 g/mol. The molecule has 29 heavy (non-hydrogen) atoms. The van der Waals surface area contributed by atoms with E-state index in [1.807, 2.05) is 0 Å². The fourth-order valence-corrected chi connectivity index (χ4v) is 5.55. The molecular weight excluding hydrogens is 358 g/mol. The first-order valence-corrected chi connectivity index (χ1v) is 10.8. The highest BCUT2D eigenvalue weighted by atomic mass is 16.5. The van der Waals surface area contributed by atoms with Crippen molar-refractivity contribution in [2.24, 2.45) is 7.05 Å². The Labute approximate surface area is 170 Å². The molecule has 1 aliphatic heterocycles. The second-order valence-corrected chi connectivity index (χ2v) is 8.81. The lowest BCUT2D eigenvalue weighted by Crippen LogP contribution is -2.32. The predicted molar refractivity (Wildman–Crippen MR) is 116 cm³/mol. The Kier molecular flexibility index (Phi) is 3.59. The fourth-order valence-electron chi connectivity index (χ4n) is 5.55. The van der Waals surface area contributed by atoms with Crippen molar-refractivity contribution in [3.63, 3.8) is 0 Å². The summed E-state index contributed by atoms with van der Waals surface area (Å²) in [7, 11) is 2.14. The van der Waals surface area contributed by atoms with Gasteiger partial charge in [0.15, 0.2) is 6.20 Å². The molecule has 2 aromatic carbocycles. The Hall–Kier alpha value is -2.81. The maximum absolute atomic E-state index is 6.65. The van der Waals surface area contributed by atoms with Crippen molar-refractivity contribution in [1.29, 1.82) is 0 Å². The molecule has 0 radical (unpaired) electrons. The van der Waals surface area contributed by atoms with Gasteiger partial charge in [0.2, 0.25) is 5.69 Å². The fraction of sp³-hybridized carbons (Fsp3) is 0.346. The molecule has 0 bridgehead atoms. The van der Waals surface area contributed by atoms with Crippen molar-refractivity contribution < 1.29 is 13.7 Å². The minimum atomic E-state index is 0.655. The molecule has 0 atom stereocenters. The number of nitrogens with zero attached hydrogens (tertiary/aromatic N) is 1. The van der Waals surface area contributed by atoms with Gasteiger partial charge in [-0.2, -0.15) is 0 Å². The van der Waals surface area contributed by atoms with Crippen LogP contribution in [0.1, 0.15) is 54.7 Å². The number of aryl methyl sites for hydroxylation is 3. The van der Waals surface area contributed by atoms with E-state index in [-0.39, 0.29) is 0 Å². The van der Waals surface area contributed by atoms with Crippen molar-refractivity contribution in [1.82, 2.24) is 0 Å². The zero-order chi connectivity index (χ0) is 19.7. The number of fused-ring (bicyclic) bond motifs is 3. The number of ether oxygens (including phenoxy) is 1. The zero-order valence-electron chi connectivity index (χ0n) is 17.3. The molecule has 2 aliphatic rings. The van der Waals surface area contributed by atoms with Crippen LogP contribution in [0, 0.1) is 13.8 Å². The largest absolute Gasteiger partial charge is 0.464 e. The lowest BCUT2D eigenvalue weighted by molar-refractivity contribution is -0.659. The van der Waals surface area contributed by atoms with Crippen LogP contribution in [0.3, 0.4) is 0 Å². The number of hydrogen-bond acceptors (Lipinski definition) is 2. The summed E-state index contributed by atoms with van der Waals surface area (Å²) in [6.45, 7) is 4.29. The first-order chi connectivity index (χ1) is 14.1. The summed E-state index contributed by atoms with van der Waals surface area (Å²) in [5.41, 5.74) is 7.11. The lowest BCUT2D eigenvalue weighted by atomic mass is 9.82. The summed E-state index contributed by atoms with van der Waals surface area (Å²) >= 11 is 0. The van der Waals surface area contributed by atoms with Gasteiger partial charge in [-0.3, -0.25) is 0 Å². The van der Waals surface area contributed by atoms with E-state index in [0.717, 1.165) is 22.6 Å². The van der Waals surface area contributed by atoms with Gasteiger partial charge < -0.3 is 9.15 Å². The highest BCUT2D eigenvalue weighted by molar-refractivity contribution is 6.05. The molecule has 6 rings (SSSR count). The minimum Gasteiger partial charge on any atom is -0.464 e. The maximum atomic E-state index is 6.65. The van der Waals surface area contributed by atoms with E-state index < -0.39 is 0 Å². The SMILES string of the molecule is Cc1c2c(c(C)c3occc13)Oc1cc(C3CCCCC3)cc3cc[n+](C)c-2c13. The van der Waals surface area contributed by atoms with Crippen LogP contribution in [0.2, 0.25) is 0 Å². The van der Waals surface area contributed by atoms with Crippen molar-refractivity contribution in [2.45, 2.75) is 51.9 Å². The molecule has 0 spiro atoms. The second-order valence-electron chi connectivity index (χ2n) is 8.81. The maximum Gasteiger partial charge on any atom is 0.228 e. The first kappa shape index (κ1) is 17.1. The van der Waals surface area contributed by atoms with Crippen molar-refractivity contribution in [2.75, 3.05) is 0 Å². The normalized spacial score (nSPS) is 16.2. The summed E-state index contributed by atoms with van der Waals surface area (Å²) in [6.07, 6.45) is 10.6. The standard InChI is InChI=1S/C26H26NO2/c1-15-20-10-12-28-25(20)16(2)26-22(15)24-23-18(9-11-27(24)3)13-19(14-21(23)29-26)17-7-5-4-6-8-17/h9-14,17H,4-8H2,1-3H3/q+1. The van der Waals surface area contributed by atoms with Crippen LogP contribution >= 0.6 is 0 Å². The summed E-state index contributed by atoms with van der Waals surface area (Å²) in [4.78, 5) is 0. The molecule has 3 heterocycles. The number of furan rings is 1. The van der Waals surface area contributed by atoms with E-state index in [4.69, 9.17) is 9.15 Å². The minimum absolute atomic E-state index is 0.655. The molecule has 2 aromatic heterocycles. The quantitative estimate of drug-likeness (QED) is 0.295. The average molecular weight is 384 g/mol. The third-order valence-corrected chi connectivity index (χ3v) is 7.10. The van der Waals surface area contributed by atoms with Crippen LogP contribution in [0.15, 0.2) is 41.1 Å². The zero-order valence-corrected chi connectivity index (χ0v) is 17.3. The number of hydrogen-bond donors (Lipinski definition) is 0. The molecule has 0 N–H and O–H groups in total. The Morgan fingerprint density at radius 2 is 1.83 bits per heavy atom. The molecule has 146 valence electrons. The predicted octanol–water partition coefficient (Wildman–Crippen LogP) is 6.85. The molecular formula is C26H26NO2+. The number of pyridine rings is 1. The molecule has 0 amide bonds. The van der Waals surface area contributed by atoms with Gasteiger partial charge in [0.05, 0.1) is 17.2 Å². The van der Waals surface area contributed by atoms with Gasteiger partial charge in [0.25, 0.3) is 0 Å². The van der Waals surface area contributed by atoms with E-state index in [0.29, 0.717) is 5.92 Å². The van der Waals surface area contributed by atoms with E-state index in [9.17, 15) is 0 Å².